The van der Waals surface area contributed by atoms with Gasteiger partial charge in [0.05, 0.1) is 7.11 Å². The number of methoxy groups -OCH3 is 1. The van der Waals surface area contributed by atoms with Crippen LogP contribution in [0.15, 0.2) is 59.8 Å². The summed E-state index contributed by atoms with van der Waals surface area (Å²) < 4.78 is 7.38. The number of hydrogen-bond acceptors (Lipinski definition) is 5. The predicted octanol–water partition coefficient (Wildman–Crippen LogP) is 4.27. The lowest BCUT2D eigenvalue weighted by atomic mass is 10.1. The fourth-order valence-corrected chi connectivity index (χ4v) is 3.94. The second kappa shape index (κ2) is 11.4. The molecule has 0 aliphatic carbocycles. The molecule has 0 unspecified atom stereocenters. The highest BCUT2D eigenvalue weighted by atomic mass is 32.2. The standard InChI is InChI=1S/C23H28N4O2S/c1-3-15-24-22(28)10-7-16-30-23-26-25-21(17-18-8-5-4-6-9-18)27(23)19-11-13-20(29-2)14-12-19/h4-6,8-9,11-14H,3,7,10,15-17H2,1-2H3,(H,24,28). The van der Waals surface area contributed by atoms with Crippen molar-refractivity contribution >= 4 is 17.7 Å². The van der Waals surface area contributed by atoms with E-state index in [2.05, 4.69) is 39.1 Å². The van der Waals surface area contributed by atoms with Crippen LogP contribution in [-0.2, 0) is 11.2 Å². The van der Waals surface area contributed by atoms with E-state index in [1.807, 2.05) is 42.5 Å². The Hall–Kier alpha value is -2.80. The van der Waals surface area contributed by atoms with E-state index >= 15 is 0 Å². The third kappa shape index (κ3) is 6.10. The van der Waals surface area contributed by atoms with Crippen LogP contribution in [0.3, 0.4) is 0 Å². The van der Waals surface area contributed by atoms with Crippen molar-refractivity contribution in [1.82, 2.24) is 20.1 Å². The molecule has 0 fully saturated rings. The van der Waals surface area contributed by atoms with Gasteiger partial charge in [0.1, 0.15) is 11.6 Å². The van der Waals surface area contributed by atoms with E-state index in [0.29, 0.717) is 12.8 Å². The van der Waals surface area contributed by atoms with Crippen molar-refractivity contribution in [2.24, 2.45) is 0 Å². The number of rotatable bonds is 11. The molecular weight excluding hydrogens is 396 g/mol. The fraction of sp³-hybridized carbons (Fsp3) is 0.348. The number of benzene rings is 2. The Morgan fingerprint density at radius 3 is 2.57 bits per heavy atom. The average Bonchev–Trinajstić information content (AvgIpc) is 3.18. The number of ether oxygens (including phenoxy) is 1. The summed E-state index contributed by atoms with van der Waals surface area (Å²) in [4.78, 5) is 11.8. The minimum atomic E-state index is 0.110. The number of nitrogens with one attached hydrogen (secondary N) is 1. The maximum atomic E-state index is 11.8. The van der Waals surface area contributed by atoms with E-state index in [4.69, 9.17) is 4.74 Å². The Bertz CT molecular complexity index is 926. The lowest BCUT2D eigenvalue weighted by Crippen LogP contribution is -2.23. The van der Waals surface area contributed by atoms with Crippen molar-refractivity contribution in [3.05, 3.63) is 66.0 Å². The second-order valence-electron chi connectivity index (χ2n) is 6.90. The van der Waals surface area contributed by atoms with E-state index in [9.17, 15) is 4.79 Å². The number of carbonyl (C=O) groups is 1. The number of aromatic nitrogens is 3. The van der Waals surface area contributed by atoms with Gasteiger partial charge >= 0.3 is 0 Å². The van der Waals surface area contributed by atoms with Crippen LogP contribution >= 0.6 is 11.8 Å². The molecule has 0 radical (unpaired) electrons. The zero-order valence-electron chi connectivity index (χ0n) is 17.5. The van der Waals surface area contributed by atoms with E-state index in [1.165, 1.54) is 5.56 Å². The minimum absolute atomic E-state index is 0.110. The summed E-state index contributed by atoms with van der Waals surface area (Å²) in [7, 11) is 1.66. The first-order valence-electron chi connectivity index (χ1n) is 10.2. The van der Waals surface area contributed by atoms with Crippen molar-refractivity contribution in [2.75, 3.05) is 19.4 Å². The smallest absolute Gasteiger partial charge is 0.220 e. The van der Waals surface area contributed by atoms with Crippen molar-refractivity contribution in [3.8, 4) is 11.4 Å². The van der Waals surface area contributed by atoms with Gasteiger partial charge < -0.3 is 10.1 Å². The van der Waals surface area contributed by atoms with Gasteiger partial charge in [-0.1, -0.05) is 49.0 Å². The Kier molecular flexibility index (Phi) is 8.32. The third-order valence-electron chi connectivity index (χ3n) is 4.59. The number of thioether (sulfide) groups is 1. The molecule has 1 aromatic heterocycles. The number of hydrogen-bond donors (Lipinski definition) is 1. The molecule has 158 valence electrons. The first-order chi connectivity index (χ1) is 14.7. The highest BCUT2D eigenvalue weighted by molar-refractivity contribution is 7.99. The van der Waals surface area contributed by atoms with Crippen LogP contribution in [0.1, 0.15) is 37.6 Å². The zero-order chi connectivity index (χ0) is 21.2. The third-order valence-corrected chi connectivity index (χ3v) is 5.60. The van der Waals surface area contributed by atoms with E-state index < -0.39 is 0 Å². The van der Waals surface area contributed by atoms with Gasteiger partial charge in [-0.3, -0.25) is 9.36 Å². The van der Waals surface area contributed by atoms with Crippen LogP contribution in [0.5, 0.6) is 5.75 Å². The Morgan fingerprint density at radius 1 is 1.10 bits per heavy atom. The average molecular weight is 425 g/mol. The Morgan fingerprint density at radius 2 is 1.87 bits per heavy atom. The van der Waals surface area contributed by atoms with Gasteiger partial charge in [0, 0.05) is 30.8 Å². The molecule has 0 aliphatic rings. The molecule has 3 aromatic rings. The van der Waals surface area contributed by atoms with E-state index in [0.717, 1.165) is 47.6 Å². The molecule has 0 atom stereocenters. The first kappa shape index (κ1) is 21.9. The molecule has 0 aliphatic heterocycles. The lowest BCUT2D eigenvalue weighted by molar-refractivity contribution is -0.121. The van der Waals surface area contributed by atoms with Crippen LogP contribution in [0.2, 0.25) is 0 Å². The minimum Gasteiger partial charge on any atom is -0.497 e. The van der Waals surface area contributed by atoms with Gasteiger partial charge in [-0.2, -0.15) is 0 Å². The topological polar surface area (TPSA) is 69.0 Å². The molecule has 1 N–H and O–H groups in total. The van der Waals surface area contributed by atoms with Gasteiger partial charge in [-0.15, -0.1) is 10.2 Å². The van der Waals surface area contributed by atoms with Gasteiger partial charge in [-0.05, 0) is 42.7 Å². The van der Waals surface area contributed by atoms with Crippen LogP contribution in [-0.4, -0.2) is 40.1 Å². The van der Waals surface area contributed by atoms with Crippen molar-refractivity contribution in [3.63, 3.8) is 0 Å². The van der Waals surface area contributed by atoms with Crippen molar-refractivity contribution in [1.29, 1.82) is 0 Å². The zero-order valence-corrected chi connectivity index (χ0v) is 18.3. The molecule has 1 heterocycles. The summed E-state index contributed by atoms with van der Waals surface area (Å²) in [6.45, 7) is 2.79. The molecule has 6 nitrogen and oxygen atoms in total. The van der Waals surface area contributed by atoms with Crippen LogP contribution in [0, 0.1) is 0 Å². The summed E-state index contributed by atoms with van der Waals surface area (Å²) in [6.07, 6.45) is 2.97. The molecule has 0 saturated carbocycles. The molecule has 0 bridgehead atoms. The molecule has 30 heavy (non-hydrogen) atoms. The Labute approximate surface area is 182 Å². The van der Waals surface area contributed by atoms with E-state index in [-0.39, 0.29) is 5.91 Å². The maximum absolute atomic E-state index is 11.8. The van der Waals surface area contributed by atoms with Gasteiger partial charge in [-0.25, -0.2) is 0 Å². The monoisotopic (exact) mass is 424 g/mol. The van der Waals surface area contributed by atoms with Crippen LogP contribution in [0.25, 0.3) is 5.69 Å². The molecule has 0 saturated heterocycles. The Balaban J connectivity index is 1.74. The molecule has 0 spiro atoms. The van der Waals surface area contributed by atoms with Gasteiger partial charge in [0.25, 0.3) is 0 Å². The molecular formula is C23H28N4O2S. The largest absolute Gasteiger partial charge is 0.497 e. The summed E-state index contributed by atoms with van der Waals surface area (Å²) in [5, 5.41) is 12.7. The van der Waals surface area contributed by atoms with Crippen LogP contribution < -0.4 is 10.1 Å². The van der Waals surface area contributed by atoms with Gasteiger partial charge in [0.15, 0.2) is 5.16 Å². The highest BCUT2D eigenvalue weighted by Crippen LogP contribution is 2.25. The first-order valence-corrected chi connectivity index (χ1v) is 11.2. The lowest BCUT2D eigenvalue weighted by Gasteiger charge is -2.11. The number of carbonyl (C=O) groups excluding carboxylic acids is 1. The molecule has 7 heteroatoms. The molecule has 1 amide bonds. The number of nitrogens with zero attached hydrogens (tertiary/aromatic N) is 3. The second-order valence-corrected chi connectivity index (χ2v) is 7.96. The normalized spacial score (nSPS) is 10.7. The molecule has 2 aromatic carbocycles. The van der Waals surface area contributed by atoms with Gasteiger partial charge in [0.2, 0.25) is 5.91 Å². The van der Waals surface area contributed by atoms with Crippen molar-refractivity contribution in [2.45, 2.75) is 37.8 Å². The van der Waals surface area contributed by atoms with Crippen molar-refractivity contribution < 1.29 is 9.53 Å². The fourth-order valence-electron chi connectivity index (χ4n) is 3.03. The summed E-state index contributed by atoms with van der Waals surface area (Å²) in [6, 6.07) is 18.2. The predicted molar refractivity (Wildman–Crippen MR) is 120 cm³/mol. The maximum Gasteiger partial charge on any atom is 0.220 e. The SMILES string of the molecule is CCCNC(=O)CCCSc1nnc(Cc2ccccc2)n1-c1ccc(OC)cc1. The summed E-state index contributed by atoms with van der Waals surface area (Å²) in [5.41, 5.74) is 2.18. The van der Waals surface area contributed by atoms with E-state index in [1.54, 1.807) is 18.9 Å². The number of amides is 1. The highest BCUT2D eigenvalue weighted by Gasteiger charge is 2.15. The molecule has 3 rings (SSSR count). The van der Waals surface area contributed by atoms with Crippen LogP contribution in [0.4, 0.5) is 0 Å². The summed E-state index contributed by atoms with van der Waals surface area (Å²) in [5.74, 6) is 2.61. The summed E-state index contributed by atoms with van der Waals surface area (Å²) >= 11 is 1.63. The quantitative estimate of drug-likeness (QED) is 0.368.